The van der Waals surface area contributed by atoms with E-state index in [1.54, 1.807) is 0 Å². The SMILES string of the molecule is O=c1[nH]c2c(nc1N/N=C/C1CC1)Cc1ccccc1-2. The molecule has 1 saturated carbocycles. The second kappa shape index (κ2) is 4.30. The van der Waals surface area contributed by atoms with Crippen molar-refractivity contribution in [3.8, 4) is 11.3 Å². The van der Waals surface area contributed by atoms with Crippen LogP contribution in [0.5, 0.6) is 0 Å². The number of aromatic nitrogens is 2. The van der Waals surface area contributed by atoms with Gasteiger partial charge in [-0.25, -0.2) is 4.98 Å². The van der Waals surface area contributed by atoms with Gasteiger partial charge in [0.15, 0.2) is 0 Å². The molecule has 100 valence electrons. The number of fused-ring (bicyclic) bond motifs is 3. The summed E-state index contributed by atoms with van der Waals surface area (Å²) in [5.41, 5.74) is 6.53. The first-order chi connectivity index (χ1) is 9.81. The first kappa shape index (κ1) is 11.4. The van der Waals surface area contributed by atoms with Crippen molar-refractivity contribution in [1.29, 1.82) is 0 Å². The summed E-state index contributed by atoms with van der Waals surface area (Å²) in [5, 5.41) is 4.08. The molecule has 20 heavy (non-hydrogen) atoms. The summed E-state index contributed by atoms with van der Waals surface area (Å²) in [5.74, 6) is 0.841. The Morgan fingerprint density at radius 2 is 2.20 bits per heavy atom. The van der Waals surface area contributed by atoms with E-state index in [4.69, 9.17) is 0 Å². The smallest absolute Gasteiger partial charge is 0.293 e. The van der Waals surface area contributed by atoms with E-state index in [9.17, 15) is 4.79 Å². The topological polar surface area (TPSA) is 70.1 Å². The van der Waals surface area contributed by atoms with E-state index in [1.807, 2.05) is 24.4 Å². The van der Waals surface area contributed by atoms with Crippen molar-refractivity contribution in [1.82, 2.24) is 9.97 Å². The Kier molecular flexibility index (Phi) is 2.45. The van der Waals surface area contributed by atoms with Gasteiger partial charge in [0.2, 0.25) is 5.82 Å². The summed E-state index contributed by atoms with van der Waals surface area (Å²) in [4.78, 5) is 19.4. The molecule has 2 N–H and O–H groups in total. The molecule has 2 aromatic rings. The molecular weight excluding hydrogens is 252 g/mol. The Morgan fingerprint density at radius 3 is 3.05 bits per heavy atom. The fraction of sp³-hybridized carbons (Fsp3) is 0.267. The number of rotatable bonds is 3. The van der Waals surface area contributed by atoms with E-state index in [0.29, 0.717) is 5.92 Å². The van der Waals surface area contributed by atoms with Gasteiger partial charge in [0.1, 0.15) is 0 Å². The highest BCUT2D eigenvalue weighted by molar-refractivity contribution is 5.72. The Hall–Kier alpha value is -2.43. The third-order valence-corrected chi connectivity index (χ3v) is 3.71. The van der Waals surface area contributed by atoms with Crippen molar-refractivity contribution in [2.75, 3.05) is 5.43 Å². The zero-order valence-electron chi connectivity index (χ0n) is 10.9. The normalized spacial score (nSPS) is 16.2. The van der Waals surface area contributed by atoms with Crippen LogP contribution in [0.15, 0.2) is 34.2 Å². The second-order valence-electron chi connectivity index (χ2n) is 5.30. The summed E-state index contributed by atoms with van der Waals surface area (Å²) < 4.78 is 0. The molecule has 0 aliphatic heterocycles. The summed E-state index contributed by atoms with van der Waals surface area (Å²) in [6.07, 6.45) is 4.98. The Bertz CT molecular complexity index is 759. The molecule has 0 spiro atoms. The van der Waals surface area contributed by atoms with Gasteiger partial charge >= 0.3 is 0 Å². The van der Waals surface area contributed by atoms with Gasteiger partial charge in [-0.15, -0.1) is 0 Å². The number of H-pyrrole nitrogens is 1. The van der Waals surface area contributed by atoms with E-state index in [2.05, 4.69) is 26.6 Å². The minimum absolute atomic E-state index is 0.228. The molecule has 0 bridgehead atoms. The molecule has 0 saturated heterocycles. The van der Waals surface area contributed by atoms with Crippen molar-refractivity contribution in [3.05, 3.63) is 45.9 Å². The van der Waals surface area contributed by atoms with Crippen molar-refractivity contribution in [3.63, 3.8) is 0 Å². The van der Waals surface area contributed by atoms with Crippen LogP contribution < -0.4 is 11.0 Å². The summed E-state index contributed by atoms with van der Waals surface area (Å²) in [6, 6.07) is 8.05. The maximum absolute atomic E-state index is 12.0. The number of anilines is 1. The third kappa shape index (κ3) is 1.91. The first-order valence-corrected chi connectivity index (χ1v) is 6.82. The van der Waals surface area contributed by atoms with Crippen LogP contribution >= 0.6 is 0 Å². The lowest BCUT2D eigenvalue weighted by molar-refractivity contribution is 1.04. The lowest BCUT2D eigenvalue weighted by Crippen LogP contribution is -2.15. The molecular formula is C15H14N4O. The highest BCUT2D eigenvalue weighted by Crippen LogP contribution is 2.33. The van der Waals surface area contributed by atoms with E-state index < -0.39 is 0 Å². The number of hydrogen-bond donors (Lipinski definition) is 2. The lowest BCUT2D eigenvalue weighted by atomic mass is 10.1. The molecule has 4 rings (SSSR count). The van der Waals surface area contributed by atoms with Gasteiger partial charge in [-0.05, 0) is 24.3 Å². The van der Waals surface area contributed by atoms with Crippen LogP contribution in [0.2, 0.25) is 0 Å². The van der Waals surface area contributed by atoms with Crippen LogP contribution in [0.4, 0.5) is 5.82 Å². The Labute approximate surface area is 115 Å². The number of nitrogens with zero attached hydrogens (tertiary/aromatic N) is 2. The molecule has 1 aromatic heterocycles. The van der Waals surface area contributed by atoms with Crippen LogP contribution in [0, 0.1) is 5.92 Å². The molecule has 0 amide bonds. The van der Waals surface area contributed by atoms with Crippen molar-refractivity contribution < 1.29 is 0 Å². The van der Waals surface area contributed by atoms with E-state index >= 15 is 0 Å². The van der Waals surface area contributed by atoms with E-state index in [1.165, 1.54) is 18.4 Å². The number of hydrogen-bond acceptors (Lipinski definition) is 4. The zero-order valence-corrected chi connectivity index (χ0v) is 10.9. The second-order valence-corrected chi connectivity index (χ2v) is 5.30. The van der Waals surface area contributed by atoms with Crippen LogP contribution in [0.1, 0.15) is 24.1 Å². The third-order valence-electron chi connectivity index (χ3n) is 3.71. The predicted octanol–water partition coefficient (Wildman–Crippen LogP) is 2.15. The van der Waals surface area contributed by atoms with Crippen LogP contribution in [-0.2, 0) is 6.42 Å². The standard InChI is InChI=1S/C15H14N4O/c20-15-14(19-16-8-9-5-6-9)17-12-7-10-3-1-2-4-11(10)13(12)18-15/h1-4,8-9H,5-7H2,(H,17,19)(H,18,20)/b16-8+. The van der Waals surface area contributed by atoms with Gasteiger partial charge in [0.05, 0.1) is 11.4 Å². The van der Waals surface area contributed by atoms with E-state index in [-0.39, 0.29) is 11.4 Å². The van der Waals surface area contributed by atoms with Crippen molar-refractivity contribution >= 4 is 12.0 Å². The summed E-state index contributed by atoms with van der Waals surface area (Å²) in [6.45, 7) is 0. The lowest BCUT2D eigenvalue weighted by Gasteiger charge is -2.03. The van der Waals surface area contributed by atoms with Crippen molar-refractivity contribution in [2.24, 2.45) is 11.0 Å². The molecule has 5 heteroatoms. The predicted molar refractivity (Wildman–Crippen MR) is 77.9 cm³/mol. The van der Waals surface area contributed by atoms with Gasteiger partial charge in [-0.1, -0.05) is 24.3 Å². The highest BCUT2D eigenvalue weighted by Gasteiger charge is 2.22. The largest absolute Gasteiger partial charge is 0.317 e. The van der Waals surface area contributed by atoms with Gasteiger partial charge in [0.25, 0.3) is 5.56 Å². The Morgan fingerprint density at radius 1 is 1.35 bits per heavy atom. The first-order valence-electron chi connectivity index (χ1n) is 6.82. The maximum atomic E-state index is 12.0. The van der Waals surface area contributed by atoms with Crippen LogP contribution in [0.25, 0.3) is 11.3 Å². The molecule has 1 aromatic carbocycles. The molecule has 0 radical (unpaired) electrons. The monoisotopic (exact) mass is 266 g/mol. The van der Waals surface area contributed by atoms with Gasteiger partial charge in [0, 0.05) is 18.2 Å². The molecule has 5 nitrogen and oxygen atoms in total. The molecule has 2 aliphatic rings. The Balaban J connectivity index is 1.68. The van der Waals surface area contributed by atoms with Crippen molar-refractivity contribution in [2.45, 2.75) is 19.3 Å². The zero-order chi connectivity index (χ0) is 13.5. The van der Waals surface area contributed by atoms with Crippen LogP contribution in [0.3, 0.4) is 0 Å². The fourth-order valence-electron chi connectivity index (χ4n) is 2.46. The number of nitrogens with one attached hydrogen (secondary N) is 2. The van der Waals surface area contributed by atoms with Gasteiger partial charge in [-0.3, -0.25) is 10.2 Å². The quantitative estimate of drug-likeness (QED) is 0.563. The average molecular weight is 266 g/mol. The fourth-order valence-corrected chi connectivity index (χ4v) is 2.46. The van der Waals surface area contributed by atoms with E-state index in [0.717, 1.165) is 23.4 Å². The maximum Gasteiger partial charge on any atom is 0.293 e. The van der Waals surface area contributed by atoms with Gasteiger partial charge < -0.3 is 4.98 Å². The summed E-state index contributed by atoms with van der Waals surface area (Å²) in [7, 11) is 0. The molecule has 1 fully saturated rings. The molecule has 0 atom stereocenters. The van der Waals surface area contributed by atoms with Crippen LogP contribution in [-0.4, -0.2) is 16.2 Å². The minimum atomic E-state index is -0.228. The number of aromatic amines is 1. The molecule has 2 aliphatic carbocycles. The average Bonchev–Trinajstić information content (AvgIpc) is 3.20. The highest BCUT2D eigenvalue weighted by atomic mass is 16.1. The molecule has 1 heterocycles. The number of hydrazone groups is 1. The number of benzene rings is 1. The molecule has 0 unspecified atom stereocenters. The minimum Gasteiger partial charge on any atom is -0.317 e. The summed E-state index contributed by atoms with van der Waals surface area (Å²) >= 11 is 0. The van der Waals surface area contributed by atoms with Gasteiger partial charge in [-0.2, -0.15) is 5.10 Å².